The van der Waals surface area contributed by atoms with Crippen molar-refractivity contribution in [3.63, 3.8) is 0 Å². The second-order valence-corrected chi connectivity index (χ2v) is 13.4. The van der Waals surface area contributed by atoms with Crippen molar-refractivity contribution in [2.75, 3.05) is 13.2 Å². The number of fused-ring (bicyclic) bond motifs is 3. The summed E-state index contributed by atoms with van der Waals surface area (Å²) in [5.41, 5.74) is 0. The van der Waals surface area contributed by atoms with Crippen molar-refractivity contribution in [3.05, 3.63) is 0 Å². The Labute approximate surface area is 273 Å². The molecule has 0 bridgehead atoms. The van der Waals surface area contributed by atoms with Crippen molar-refractivity contribution >= 4 is 23.8 Å². The maximum Gasteiger partial charge on any atom is 0.303 e. The maximum atomic E-state index is 12.4. The van der Waals surface area contributed by atoms with Crippen LogP contribution in [0.2, 0.25) is 0 Å². The molecule has 15 heteroatoms. The maximum absolute atomic E-state index is 12.4. The predicted molar refractivity (Wildman–Crippen MR) is 156 cm³/mol. The van der Waals surface area contributed by atoms with Crippen LogP contribution in [0, 0.1) is 0 Å². The van der Waals surface area contributed by atoms with E-state index in [9.17, 15) is 19.2 Å². The molecule has 4 aliphatic heterocycles. The van der Waals surface area contributed by atoms with Gasteiger partial charge in [-0.25, -0.2) is 0 Å². The summed E-state index contributed by atoms with van der Waals surface area (Å²) >= 11 is 0. The molecule has 0 aromatic heterocycles. The lowest BCUT2D eigenvalue weighted by Gasteiger charge is -2.45. The molecule has 6 fully saturated rings. The Bertz CT molecular complexity index is 1170. The van der Waals surface area contributed by atoms with E-state index in [0.29, 0.717) is 0 Å². The number of esters is 3. The summed E-state index contributed by atoms with van der Waals surface area (Å²) in [7, 11) is 0. The second-order valence-electron chi connectivity index (χ2n) is 13.4. The molecular weight excluding hydrogens is 622 g/mol. The van der Waals surface area contributed by atoms with Crippen molar-refractivity contribution < 1.29 is 66.5 Å². The minimum Gasteiger partial charge on any atom is -0.463 e. The summed E-state index contributed by atoms with van der Waals surface area (Å²) < 4.78 is 61.8. The Kier molecular flexibility index (Phi) is 10.4. The van der Waals surface area contributed by atoms with E-state index in [1.54, 1.807) is 0 Å². The van der Waals surface area contributed by atoms with Crippen LogP contribution in [-0.4, -0.2) is 110 Å². The van der Waals surface area contributed by atoms with Gasteiger partial charge in [0.1, 0.15) is 43.2 Å². The Balaban J connectivity index is 1.25. The lowest BCUT2D eigenvalue weighted by atomic mass is 9.94. The molecule has 0 aromatic rings. The molecule has 1 amide bonds. The van der Waals surface area contributed by atoms with Gasteiger partial charge in [-0.05, 0) is 25.7 Å². The van der Waals surface area contributed by atoms with Crippen LogP contribution in [-0.2, 0) is 66.5 Å². The molecule has 4 saturated heterocycles. The van der Waals surface area contributed by atoms with Gasteiger partial charge in [0.2, 0.25) is 5.91 Å². The molecule has 6 rings (SSSR count). The molecule has 6 aliphatic rings. The zero-order valence-electron chi connectivity index (χ0n) is 27.5. The van der Waals surface area contributed by atoms with Crippen molar-refractivity contribution in [2.24, 2.45) is 0 Å². The van der Waals surface area contributed by atoms with Gasteiger partial charge >= 0.3 is 17.9 Å². The van der Waals surface area contributed by atoms with Crippen LogP contribution < -0.4 is 5.32 Å². The fourth-order valence-corrected chi connectivity index (χ4v) is 7.80. The van der Waals surface area contributed by atoms with E-state index in [1.165, 1.54) is 27.7 Å². The van der Waals surface area contributed by atoms with Crippen molar-refractivity contribution in [2.45, 2.75) is 165 Å². The van der Waals surface area contributed by atoms with Crippen molar-refractivity contribution in [1.29, 1.82) is 0 Å². The third-order valence-electron chi connectivity index (χ3n) is 9.70. The first-order chi connectivity index (χ1) is 22.5. The number of hydrogen-bond donors (Lipinski definition) is 1. The monoisotopic (exact) mass is 669 g/mol. The molecule has 15 nitrogen and oxygen atoms in total. The van der Waals surface area contributed by atoms with Crippen LogP contribution in [0.4, 0.5) is 0 Å². The van der Waals surface area contributed by atoms with E-state index in [2.05, 4.69) is 5.32 Å². The van der Waals surface area contributed by atoms with Gasteiger partial charge in [0, 0.05) is 53.4 Å². The van der Waals surface area contributed by atoms with Crippen LogP contribution in [0.5, 0.6) is 0 Å². The highest BCUT2D eigenvalue weighted by Gasteiger charge is 2.64. The molecule has 2 saturated carbocycles. The third-order valence-corrected chi connectivity index (χ3v) is 9.70. The van der Waals surface area contributed by atoms with Gasteiger partial charge in [0.05, 0.1) is 6.61 Å². The van der Waals surface area contributed by atoms with Crippen molar-refractivity contribution in [3.8, 4) is 0 Å². The molecule has 1 N–H and O–H groups in total. The summed E-state index contributed by atoms with van der Waals surface area (Å²) in [4.78, 5) is 48.4. The molecule has 47 heavy (non-hydrogen) atoms. The third kappa shape index (κ3) is 7.61. The summed E-state index contributed by atoms with van der Waals surface area (Å²) in [5.74, 6) is -3.92. The van der Waals surface area contributed by atoms with Gasteiger partial charge in [0.25, 0.3) is 0 Å². The molecule has 10 atom stereocenters. The minimum atomic E-state index is -1.24. The van der Waals surface area contributed by atoms with Gasteiger partial charge < -0.3 is 52.7 Å². The number of carbonyl (C=O) groups is 4. The zero-order valence-corrected chi connectivity index (χ0v) is 27.5. The first kappa shape index (κ1) is 34.5. The lowest BCUT2D eigenvalue weighted by molar-refractivity contribution is -0.298. The first-order valence-electron chi connectivity index (χ1n) is 16.9. The van der Waals surface area contributed by atoms with Crippen LogP contribution in [0.15, 0.2) is 0 Å². The SMILES string of the molecule is CC(=O)N[C@H]1[C@@H](OC[C@H]2O[C@H]3OC4(CCCCC4)O[C@@H]3[C@H]3OC4(CCCCC4)O[C@@H]32)O[C@@H](COC(C)=O)[C@@H](OC(C)=O)[C@H]1OC(C)=O. The molecule has 4 heterocycles. The first-order valence-corrected chi connectivity index (χ1v) is 16.9. The Morgan fingerprint density at radius 2 is 1.21 bits per heavy atom. The van der Waals surface area contributed by atoms with E-state index in [4.69, 9.17) is 47.4 Å². The smallest absolute Gasteiger partial charge is 0.303 e. The number of ether oxygens (including phenoxy) is 10. The summed E-state index contributed by atoms with van der Waals surface area (Å²) in [6.45, 7) is 4.46. The van der Waals surface area contributed by atoms with Crippen molar-refractivity contribution in [1.82, 2.24) is 5.32 Å². The average Bonchev–Trinajstić information content (AvgIpc) is 3.55. The van der Waals surface area contributed by atoms with E-state index in [-0.39, 0.29) is 13.2 Å². The second kappa shape index (κ2) is 14.2. The summed E-state index contributed by atoms with van der Waals surface area (Å²) in [6.07, 6.45) is 1.57. The minimum absolute atomic E-state index is 0.0910. The molecule has 2 spiro atoms. The van der Waals surface area contributed by atoms with Crippen LogP contribution in [0.25, 0.3) is 0 Å². The Hall–Kier alpha value is -2.40. The number of hydrogen-bond acceptors (Lipinski definition) is 14. The summed E-state index contributed by atoms with van der Waals surface area (Å²) in [6, 6.07) is -1.11. The zero-order chi connectivity index (χ0) is 33.3. The number of carbonyl (C=O) groups excluding carboxylic acids is 4. The normalized spacial score (nSPS) is 38.6. The van der Waals surface area contributed by atoms with E-state index < -0.39 is 96.7 Å². The van der Waals surface area contributed by atoms with Gasteiger partial charge in [-0.15, -0.1) is 0 Å². The van der Waals surface area contributed by atoms with E-state index in [0.717, 1.165) is 64.2 Å². The number of rotatable bonds is 8. The number of nitrogens with one attached hydrogen (secondary N) is 1. The average molecular weight is 670 g/mol. The molecular formula is C32H47NO14. The van der Waals surface area contributed by atoms with Gasteiger partial charge in [-0.1, -0.05) is 12.8 Å². The highest BCUT2D eigenvalue weighted by atomic mass is 16.9. The molecule has 2 aliphatic carbocycles. The van der Waals surface area contributed by atoms with Gasteiger partial charge in [-0.3, -0.25) is 19.2 Å². The fraction of sp³-hybridized carbons (Fsp3) is 0.875. The lowest BCUT2D eigenvalue weighted by Crippen LogP contribution is -2.67. The van der Waals surface area contributed by atoms with E-state index >= 15 is 0 Å². The molecule has 0 unspecified atom stereocenters. The number of amides is 1. The van der Waals surface area contributed by atoms with Crippen LogP contribution in [0.3, 0.4) is 0 Å². The predicted octanol–water partition coefficient (Wildman–Crippen LogP) is 1.90. The van der Waals surface area contributed by atoms with E-state index in [1.807, 2.05) is 0 Å². The Morgan fingerprint density at radius 3 is 1.81 bits per heavy atom. The fourth-order valence-electron chi connectivity index (χ4n) is 7.80. The molecule has 264 valence electrons. The quantitative estimate of drug-likeness (QED) is 0.293. The highest BCUT2D eigenvalue weighted by Crippen LogP contribution is 2.51. The Morgan fingerprint density at radius 1 is 0.638 bits per heavy atom. The molecule has 0 radical (unpaired) electrons. The van der Waals surface area contributed by atoms with Gasteiger partial charge in [0.15, 0.2) is 36.4 Å². The topological polar surface area (TPSA) is 173 Å². The van der Waals surface area contributed by atoms with Crippen LogP contribution >= 0.6 is 0 Å². The highest BCUT2D eigenvalue weighted by molar-refractivity contribution is 5.73. The molecule has 0 aromatic carbocycles. The largest absolute Gasteiger partial charge is 0.463 e. The van der Waals surface area contributed by atoms with Crippen LogP contribution in [0.1, 0.15) is 91.9 Å². The standard InChI is InChI=1S/C32H47NO14/c1-17(34)33-23-26(41-20(4)37)24(40-19(3)36)21(15-38-18(2)35)42-29(23)39-16-22-25-27(45-31(44-25)11-7-5-8-12-31)28-30(43-22)47-32(46-28)13-9-6-10-14-32/h21-30H,5-16H2,1-4H3,(H,33,34)/t21-,22+,23+,24+,25+,26-,27-,28+,29-,30-/m0/s1. The van der Waals surface area contributed by atoms with Gasteiger partial charge in [-0.2, -0.15) is 0 Å². The summed E-state index contributed by atoms with van der Waals surface area (Å²) in [5, 5.41) is 2.73.